The normalized spacial score (nSPS) is 32.5. The van der Waals surface area contributed by atoms with Crippen LogP contribution in [0.3, 0.4) is 0 Å². The molecule has 116 valence electrons. The van der Waals surface area contributed by atoms with E-state index in [1.807, 2.05) is 0 Å². The minimum absolute atomic E-state index is 0.0603. The van der Waals surface area contributed by atoms with Gasteiger partial charge in [-0.1, -0.05) is 20.8 Å². The van der Waals surface area contributed by atoms with Crippen molar-refractivity contribution in [2.75, 3.05) is 0 Å². The Hall–Kier alpha value is -0.618. The lowest BCUT2D eigenvalue weighted by Crippen LogP contribution is -2.55. The van der Waals surface area contributed by atoms with Gasteiger partial charge in [-0.05, 0) is 37.4 Å². The molecule has 2 saturated heterocycles. The third kappa shape index (κ3) is 2.61. The zero-order valence-electron chi connectivity index (χ0n) is 13.8. The number of aldehydes is 1. The second kappa shape index (κ2) is 5.23. The molecule has 0 aliphatic carbocycles. The van der Waals surface area contributed by atoms with Gasteiger partial charge in [-0.2, -0.15) is 0 Å². The minimum atomic E-state index is -1.94. The van der Waals surface area contributed by atoms with E-state index in [-0.39, 0.29) is 17.2 Å². The maximum absolute atomic E-state index is 11.8. The van der Waals surface area contributed by atoms with Gasteiger partial charge in [0.2, 0.25) is 7.85 Å². The highest BCUT2D eigenvalue weighted by molar-refractivity contribution is 6.74. The molecule has 1 amide bonds. The maximum atomic E-state index is 11.8. The van der Waals surface area contributed by atoms with Crippen molar-refractivity contribution in [3.8, 4) is 0 Å². The van der Waals surface area contributed by atoms with Crippen LogP contribution >= 0.6 is 0 Å². The summed E-state index contributed by atoms with van der Waals surface area (Å²) in [5.74, 6) is -0.416. The van der Waals surface area contributed by atoms with E-state index in [0.29, 0.717) is 6.42 Å². The fraction of sp³-hybridized carbons (Fsp3) is 0.867. The number of nitrogens with zero attached hydrogens (tertiary/aromatic N) is 1. The first kappa shape index (κ1) is 16.7. The Morgan fingerprint density at radius 3 is 2.57 bits per heavy atom. The number of hydrogen-bond donors (Lipinski definition) is 0. The molecular weight excluding hydrogens is 281 g/mol. The zero-order chi connectivity index (χ0) is 16.1. The van der Waals surface area contributed by atoms with E-state index in [0.717, 1.165) is 25.5 Å². The predicted octanol–water partition coefficient (Wildman–Crippen LogP) is 2.86. The predicted molar refractivity (Wildman–Crippen MR) is 86.1 cm³/mol. The van der Waals surface area contributed by atoms with Crippen molar-refractivity contribution in [2.45, 2.75) is 82.3 Å². The van der Waals surface area contributed by atoms with Crippen molar-refractivity contribution in [1.82, 2.24) is 4.90 Å². The summed E-state index contributed by atoms with van der Waals surface area (Å²) in [5, 5.41) is 0.106. The monoisotopic (exact) mass is 307 g/mol. The second-order valence-corrected chi connectivity index (χ2v) is 12.7. The smallest absolute Gasteiger partial charge is 0.200 e. The summed E-state index contributed by atoms with van der Waals surface area (Å²) in [4.78, 5) is 24.8. The lowest BCUT2D eigenvalue weighted by atomic mass is 9.82. The highest BCUT2D eigenvalue weighted by Gasteiger charge is 2.60. The molecule has 2 heterocycles. The first-order chi connectivity index (χ1) is 9.55. The average Bonchev–Trinajstić information content (AvgIpc) is 2.79. The lowest BCUT2D eigenvalue weighted by Gasteiger charge is -2.45. The highest BCUT2D eigenvalue weighted by Crippen LogP contribution is 2.51. The summed E-state index contributed by atoms with van der Waals surface area (Å²) in [6, 6.07) is 0.136. The first-order valence-corrected chi connectivity index (χ1v) is 10.7. The van der Waals surface area contributed by atoms with Gasteiger partial charge in [-0.15, -0.1) is 0 Å². The van der Waals surface area contributed by atoms with Crippen LogP contribution in [0.1, 0.15) is 46.5 Å². The number of carbonyl (C=O) groups is 2. The van der Waals surface area contributed by atoms with Gasteiger partial charge in [0.05, 0.1) is 11.6 Å². The van der Waals surface area contributed by atoms with Crippen LogP contribution in [0, 0.1) is 0 Å². The molecule has 2 rings (SSSR count). The maximum Gasteiger partial charge on any atom is 0.200 e. The molecule has 4 nitrogen and oxygen atoms in total. The zero-order valence-corrected chi connectivity index (χ0v) is 14.8. The van der Waals surface area contributed by atoms with E-state index < -0.39 is 19.7 Å². The van der Waals surface area contributed by atoms with Crippen LogP contribution in [0.5, 0.6) is 0 Å². The van der Waals surface area contributed by atoms with Crippen LogP contribution in [0.2, 0.25) is 18.1 Å². The van der Waals surface area contributed by atoms with Crippen LogP contribution in [0.4, 0.5) is 4.79 Å². The van der Waals surface area contributed by atoms with Gasteiger partial charge in [0.25, 0.3) is 0 Å². The quantitative estimate of drug-likeness (QED) is 0.592. The Bertz CT molecular complexity index is 449. The molecule has 0 saturated carbocycles. The van der Waals surface area contributed by atoms with Crippen LogP contribution < -0.4 is 0 Å². The molecule has 2 aliphatic rings. The summed E-state index contributed by atoms with van der Waals surface area (Å²) >= 11 is 0. The number of amides is 1. The van der Waals surface area contributed by atoms with Crippen molar-refractivity contribution < 1.29 is 14.0 Å². The van der Waals surface area contributed by atoms with E-state index in [4.69, 9.17) is 12.3 Å². The SMILES string of the molecule is [B]C(=O)N1C2CCC1(CC=O)C(O[Si](C)(C)C(C)(C)C)C2. The third-order valence-corrected chi connectivity index (χ3v) is 10.2. The molecule has 3 atom stereocenters. The number of fused-ring (bicyclic) bond motifs is 2. The minimum Gasteiger partial charge on any atom is -0.411 e. The Kier molecular flexibility index (Phi) is 4.17. The van der Waals surface area contributed by atoms with E-state index in [1.54, 1.807) is 4.90 Å². The number of rotatable bonds is 4. The molecule has 2 aliphatic heterocycles. The molecule has 6 heteroatoms. The van der Waals surface area contributed by atoms with Gasteiger partial charge in [0.15, 0.2) is 14.1 Å². The van der Waals surface area contributed by atoms with Crippen LogP contribution in [0.25, 0.3) is 0 Å². The fourth-order valence-corrected chi connectivity index (χ4v) is 4.98. The van der Waals surface area contributed by atoms with E-state index in [2.05, 4.69) is 33.9 Å². The summed E-state index contributed by atoms with van der Waals surface area (Å²) in [6.45, 7) is 11.0. The fourth-order valence-electron chi connectivity index (χ4n) is 3.60. The van der Waals surface area contributed by atoms with Crippen molar-refractivity contribution in [3.63, 3.8) is 0 Å². The molecule has 2 bridgehead atoms. The largest absolute Gasteiger partial charge is 0.411 e. The highest BCUT2D eigenvalue weighted by atomic mass is 28.4. The van der Waals surface area contributed by atoms with Crippen LogP contribution in [0.15, 0.2) is 0 Å². The molecular formula is C15H26BNO3Si. The molecule has 2 radical (unpaired) electrons. The number of carbonyl (C=O) groups excluding carboxylic acids is 2. The Labute approximate surface area is 130 Å². The van der Waals surface area contributed by atoms with Gasteiger partial charge in [0, 0.05) is 12.5 Å². The third-order valence-electron chi connectivity index (χ3n) is 5.76. The molecule has 0 aromatic heterocycles. The molecule has 21 heavy (non-hydrogen) atoms. The molecule has 0 aromatic carbocycles. The summed E-state index contributed by atoms with van der Waals surface area (Å²) in [5.41, 5.74) is -0.506. The van der Waals surface area contributed by atoms with E-state index in [1.165, 1.54) is 0 Å². The number of hydrogen-bond acceptors (Lipinski definition) is 3. The van der Waals surface area contributed by atoms with Crippen molar-refractivity contribution in [3.05, 3.63) is 0 Å². The molecule has 0 N–H and O–H groups in total. The second-order valence-electron chi connectivity index (χ2n) is 7.98. The lowest BCUT2D eigenvalue weighted by molar-refractivity contribution is -0.110. The van der Waals surface area contributed by atoms with Gasteiger partial charge >= 0.3 is 0 Å². The molecule has 0 aromatic rings. The topological polar surface area (TPSA) is 46.6 Å². The Morgan fingerprint density at radius 2 is 2.10 bits per heavy atom. The summed E-state index contributed by atoms with van der Waals surface area (Å²) in [6.07, 6.45) is 3.72. The van der Waals surface area contributed by atoms with Crippen LogP contribution in [-0.2, 0) is 9.22 Å². The van der Waals surface area contributed by atoms with Gasteiger partial charge in [0.1, 0.15) is 6.29 Å². The van der Waals surface area contributed by atoms with E-state index >= 15 is 0 Å². The molecule has 0 spiro atoms. The summed E-state index contributed by atoms with van der Waals surface area (Å²) in [7, 11) is 3.63. The average molecular weight is 307 g/mol. The van der Waals surface area contributed by atoms with Crippen molar-refractivity contribution in [2.24, 2.45) is 0 Å². The standard InChI is InChI=1S/C15H26BNO3Si/c1-14(2,3)21(4,5)20-12-10-11-6-7-15(12,8-9-18)17(11)13(16)19/h9,11-12H,6-8,10H2,1-5H3. The van der Waals surface area contributed by atoms with Crippen molar-refractivity contribution >= 4 is 28.3 Å². The van der Waals surface area contributed by atoms with Crippen LogP contribution in [-0.4, -0.2) is 50.8 Å². The van der Waals surface area contributed by atoms with Crippen molar-refractivity contribution in [1.29, 1.82) is 0 Å². The molecule has 2 fully saturated rings. The Balaban J connectivity index is 2.29. The first-order valence-electron chi connectivity index (χ1n) is 7.75. The molecule has 3 unspecified atom stereocenters. The van der Waals surface area contributed by atoms with Gasteiger partial charge in [-0.3, -0.25) is 4.79 Å². The van der Waals surface area contributed by atoms with Gasteiger partial charge < -0.3 is 14.1 Å². The Morgan fingerprint density at radius 1 is 1.48 bits per heavy atom. The summed E-state index contributed by atoms with van der Waals surface area (Å²) < 4.78 is 6.56. The van der Waals surface area contributed by atoms with Gasteiger partial charge in [-0.25, -0.2) is 0 Å². The van der Waals surface area contributed by atoms with E-state index in [9.17, 15) is 9.59 Å².